The van der Waals surface area contributed by atoms with E-state index in [2.05, 4.69) is 77.1 Å². The van der Waals surface area contributed by atoms with Gasteiger partial charge in [0.15, 0.2) is 8.32 Å². The van der Waals surface area contributed by atoms with E-state index in [1.807, 2.05) is 56.3 Å². The third kappa shape index (κ3) is 14.3. The number of esters is 1. The zero-order chi connectivity index (χ0) is 37.6. The molecular weight excluding hydrogens is 649 g/mol. The van der Waals surface area contributed by atoms with Gasteiger partial charge in [-0.2, -0.15) is 0 Å². The van der Waals surface area contributed by atoms with E-state index in [0.29, 0.717) is 49.2 Å². The minimum absolute atomic E-state index is 0.102. The van der Waals surface area contributed by atoms with Gasteiger partial charge < -0.3 is 34.3 Å². The quantitative estimate of drug-likeness (QED) is 0.0686. The van der Waals surface area contributed by atoms with Crippen LogP contribution in [0.4, 0.5) is 26.7 Å². The fourth-order valence-corrected chi connectivity index (χ4v) is 6.30. The SMILES string of the molecule is CC[C@@H](CC(=O)OCOC(=O)N(C)CCCO[Si](C)(C)C(C)(C)C)c1ccc(N(CC(C)C)CC(C)C)c(NC(=O)Nc2ccc(C)cc2)c1. The third-order valence-corrected chi connectivity index (χ3v) is 13.6. The fourth-order valence-electron chi connectivity index (χ4n) is 5.21. The lowest BCUT2D eigenvalue weighted by Crippen LogP contribution is -2.41. The molecule has 2 N–H and O–H groups in total. The maximum Gasteiger partial charge on any atom is 0.412 e. The Kier molecular flexibility index (Phi) is 16.8. The molecule has 0 aromatic heterocycles. The summed E-state index contributed by atoms with van der Waals surface area (Å²) in [4.78, 5) is 42.4. The van der Waals surface area contributed by atoms with Gasteiger partial charge in [0.2, 0.25) is 6.79 Å². The van der Waals surface area contributed by atoms with Crippen LogP contribution in [0.3, 0.4) is 0 Å². The minimum atomic E-state index is -1.84. The molecule has 0 spiro atoms. The second-order valence-electron chi connectivity index (χ2n) is 15.7. The Balaban J connectivity index is 2.08. The number of rotatable bonds is 18. The first kappa shape index (κ1) is 42.6. The van der Waals surface area contributed by atoms with Crippen molar-refractivity contribution in [3.05, 3.63) is 53.6 Å². The van der Waals surface area contributed by atoms with E-state index < -0.39 is 27.2 Å². The van der Waals surface area contributed by atoms with Crippen molar-refractivity contribution >= 4 is 43.5 Å². The molecule has 0 aliphatic rings. The maximum atomic E-state index is 13.2. The molecule has 10 nitrogen and oxygen atoms in total. The summed E-state index contributed by atoms with van der Waals surface area (Å²) >= 11 is 0. The fraction of sp³-hybridized carbons (Fsp3) is 0.615. The second kappa shape index (κ2) is 19.7. The normalized spacial score (nSPS) is 12.4. The lowest BCUT2D eigenvalue weighted by molar-refractivity contribution is -0.152. The highest BCUT2D eigenvalue weighted by Gasteiger charge is 2.36. The van der Waals surface area contributed by atoms with Crippen LogP contribution in [0.15, 0.2) is 42.5 Å². The number of anilines is 3. The molecule has 2 aromatic carbocycles. The number of hydrogen-bond donors (Lipinski definition) is 2. The Hall–Kier alpha value is -3.57. The minimum Gasteiger partial charge on any atom is -0.428 e. The number of urea groups is 1. The molecule has 0 radical (unpaired) electrons. The average molecular weight is 713 g/mol. The number of aryl methyl sites for hydroxylation is 1. The lowest BCUT2D eigenvalue weighted by atomic mass is 9.92. The van der Waals surface area contributed by atoms with Crippen LogP contribution < -0.4 is 15.5 Å². The van der Waals surface area contributed by atoms with Crippen molar-refractivity contribution in [3.63, 3.8) is 0 Å². The molecule has 0 aliphatic heterocycles. The van der Waals surface area contributed by atoms with Crippen molar-refractivity contribution in [2.24, 2.45) is 11.8 Å². The molecule has 0 unspecified atom stereocenters. The summed E-state index contributed by atoms with van der Waals surface area (Å²) in [5, 5.41) is 6.15. The van der Waals surface area contributed by atoms with Crippen LogP contribution in [0.2, 0.25) is 18.1 Å². The number of carbonyl (C=O) groups is 3. The van der Waals surface area contributed by atoms with Crippen LogP contribution in [0, 0.1) is 18.8 Å². The smallest absolute Gasteiger partial charge is 0.412 e. The summed E-state index contributed by atoms with van der Waals surface area (Å²) in [5.41, 5.74) is 4.31. The van der Waals surface area contributed by atoms with Gasteiger partial charge in [-0.15, -0.1) is 0 Å². The first-order valence-corrected chi connectivity index (χ1v) is 20.9. The van der Waals surface area contributed by atoms with E-state index in [1.165, 1.54) is 4.90 Å². The van der Waals surface area contributed by atoms with Gasteiger partial charge in [-0.3, -0.25) is 4.79 Å². The molecule has 50 heavy (non-hydrogen) atoms. The Morgan fingerprint density at radius 3 is 2.08 bits per heavy atom. The summed E-state index contributed by atoms with van der Waals surface area (Å²) in [7, 11) is -0.186. The van der Waals surface area contributed by atoms with Crippen molar-refractivity contribution in [1.29, 1.82) is 0 Å². The van der Waals surface area contributed by atoms with Gasteiger partial charge in [0, 0.05) is 39.0 Å². The molecule has 0 bridgehead atoms. The number of ether oxygens (including phenoxy) is 2. The van der Waals surface area contributed by atoms with Gasteiger partial charge >= 0.3 is 18.1 Å². The molecule has 0 heterocycles. The molecule has 1 atom stereocenters. The van der Waals surface area contributed by atoms with Crippen LogP contribution in [-0.2, 0) is 18.7 Å². The molecule has 280 valence electrons. The van der Waals surface area contributed by atoms with Crippen molar-refractivity contribution in [1.82, 2.24) is 4.90 Å². The van der Waals surface area contributed by atoms with E-state index in [1.54, 1.807) is 7.05 Å². The van der Waals surface area contributed by atoms with Gasteiger partial charge in [-0.25, -0.2) is 9.59 Å². The standard InChI is InChI=1S/C39H64N4O6Si/c1-13-31(24-36(44)47-27-48-38(46)42(10)21-14-22-49-50(11,12)39(7,8)9)32-17-20-35(43(25-28(2)3)26-29(4)5)34(23-32)41-37(45)40-33-18-15-30(6)16-19-33/h15-20,23,28-29,31H,13-14,21-22,24-27H2,1-12H3,(H2,40,41,45)/t31-/m0/s1. The van der Waals surface area contributed by atoms with Crippen LogP contribution in [0.25, 0.3) is 0 Å². The molecule has 2 aromatic rings. The summed E-state index contributed by atoms with van der Waals surface area (Å²) < 4.78 is 16.7. The topological polar surface area (TPSA) is 109 Å². The first-order chi connectivity index (χ1) is 23.3. The highest BCUT2D eigenvalue weighted by Crippen LogP contribution is 2.37. The molecular formula is C39H64N4O6Si. The summed E-state index contributed by atoms with van der Waals surface area (Å²) in [6.07, 6.45) is 0.904. The van der Waals surface area contributed by atoms with E-state index >= 15 is 0 Å². The first-order valence-electron chi connectivity index (χ1n) is 18.0. The third-order valence-electron chi connectivity index (χ3n) is 9.09. The van der Waals surface area contributed by atoms with Crippen molar-refractivity contribution < 1.29 is 28.3 Å². The number of amides is 3. The summed E-state index contributed by atoms with van der Waals surface area (Å²) in [6.45, 7) is 26.0. The maximum absolute atomic E-state index is 13.2. The number of nitrogens with zero attached hydrogens (tertiary/aromatic N) is 2. The molecule has 3 amide bonds. The Labute approximate surface area is 302 Å². The zero-order valence-corrected chi connectivity index (χ0v) is 33.8. The van der Waals surface area contributed by atoms with Crippen molar-refractivity contribution in [2.75, 3.05) is 55.6 Å². The van der Waals surface area contributed by atoms with Crippen LogP contribution in [-0.4, -0.2) is 71.4 Å². The predicted molar refractivity (Wildman–Crippen MR) is 208 cm³/mol. The predicted octanol–water partition coefficient (Wildman–Crippen LogP) is 9.62. The molecule has 0 saturated carbocycles. The number of nitrogens with one attached hydrogen (secondary N) is 2. The second-order valence-corrected chi connectivity index (χ2v) is 20.5. The molecule has 11 heteroatoms. The molecule has 0 aliphatic carbocycles. The van der Waals surface area contributed by atoms with Crippen molar-refractivity contribution in [2.45, 2.75) is 106 Å². The lowest BCUT2D eigenvalue weighted by Gasteiger charge is -2.36. The average Bonchev–Trinajstić information content (AvgIpc) is 3.01. The molecule has 0 saturated heterocycles. The largest absolute Gasteiger partial charge is 0.428 e. The monoisotopic (exact) mass is 712 g/mol. The van der Waals surface area contributed by atoms with E-state index in [-0.39, 0.29) is 23.4 Å². The van der Waals surface area contributed by atoms with Crippen LogP contribution in [0.5, 0.6) is 0 Å². The van der Waals surface area contributed by atoms with Gasteiger partial charge in [0.1, 0.15) is 0 Å². The number of carbonyl (C=O) groups excluding carboxylic acids is 3. The van der Waals surface area contributed by atoms with Crippen LogP contribution >= 0.6 is 0 Å². The number of benzene rings is 2. The zero-order valence-electron chi connectivity index (χ0n) is 32.8. The van der Waals surface area contributed by atoms with Gasteiger partial charge in [-0.05, 0) is 85.5 Å². The van der Waals surface area contributed by atoms with Gasteiger partial charge in [0.05, 0.1) is 17.8 Å². The van der Waals surface area contributed by atoms with Gasteiger partial charge in [0.25, 0.3) is 0 Å². The Bertz CT molecular complexity index is 1360. The highest BCUT2D eigenvalue weighted by molar-refractivity contribution is 6.74. The Morgan fingerprint density at radius 2 is 1.52 bits per heavy atom. The summed E-state index contributed by atoms with van der Waals surface area (Å²) in [6, 6.07) is 13.3. The van der Waals surface area contributed by atoms with Gasteiger partial charge in [-0.1, -0.05) is 79.2 Å². The Morgan fingerprint density at radius 1 is 0.900 bits per heavy atom. The van der Waals surface area contributed by atoms with Crippen molar-refractivity contribution in [3.8, 4) is 0 Å². The van der Waals surface area contributed by atoms with E-state index in [9.17, 15) is 14.4 Å². The summed E-state index contributed by atoms with van der Waals surface area (Å²) in [5.74, 6) is 0.194. The highest BCUT2D eigenvalue weighted by atomic mass is 28.4. The number of hydrogen-bond acceptors (Lipinski definition) is 7. The molecule has 0 fully saturated rings. The molecule has 2 rings (SSSR count). The van der Waals surface area contributed by atoms with Crippen LogP contribution in [0.1, 0.15) is 91.7 Å². The van der Waals surface area contributed by atoms with E-state index in [4.69, 9.17) is 13.9 Å². The van der Waals surface area contributed by atoms with E-state index in [0.717, 1.165) is 29.9 Å².